The molecule has 0 bridgehead atoms. The monoisotopic (exact) mass is 216 g/mol. The standard InChI is InChI=1S/C12H16N4/c13-15-14-8-12-6-7-16(10-12)9-11-4-2-1-3-5-11/h1-5,12H,6-10H2/t12-/m0/s1. The maximum atomic E-state index is 8.27. The third-order valence-electron chi connectivity index (χ3n) is 3.02. The van der Waals surface area contributed by atoms with Gasteiger partial charge in [0.1, 0.15) is 0 Å². The van der Waals surface area contributed by atoms with Gasteiger partial charge in [-0.05, 0) is 30.0 Å². The number of benzene rings is 1. The van der Waals surface area contributed by atoms with Gasteiger partial charge >= 0.3 is 0 Å². The van der Waals surface area contributed by atoms with Crippen LogP contribution in [0.4, 0.5) is 0 Å². The number of hydrogen-bond acceptors (Lipinski definition) is 2. The van der Waals surface area contributed by atoms with Crippen molar-refractivity contribution in [3.63, 3.8) is 0 Å². The Bertz CT molecular complexity index is 370. The van der Waals surface area contributed by atoms with Gasteiger partial charge in [-0.25, -0.2) is 0 Å². The van der Waals surface area contributed by atoms with Crippen LogP contribution in [-0.2, 0) is 6.54 Å². The highest BCUT2D eigenvalue weighted by atomic mass is 15.2. The fourth-order valence-corrected chi connectivity index (χ4v) is 2.20. The molecule has 1 aliphatic heterocycles. The van der Waals surface area contributed by atoms with Crippen molar-refractivity contribution < 1.29 is 0 Å². The number of azide groups is 1. The van der Waals surface area contributed by atoms with Crippen molar-refractivity contribution >= 4 is 0 Å². The van der Waals surface area contributed by atoms with Crippen molar-refractivity contribution in [3.8, 4) is 0 Å². The fraction of sp³-hybridized carbons (Fsp3) is 0.500. The summed E-state index contributed by atoms with van der Waals surface area (Å²) in [6, 6.07) is 10.5. The van der Waals surface area contributed by atoms with Crippen LogP contribution in [0.3, 0.4) is 0 Å². The van der Waals surface area contributed by atoms with Gasteiger partial charge in [0.2, 0.25) is 0 Å². The molecule has 1 atom stereocenters. The molecule has 16 heavy (non-hydrogen) atoms. The van der Waals surface area contributed by atoms with E-state index in [0.29, 0.717) is 12.5 Å². The van der Waals surface area contributed by atoms with Gasteiger partial charge in [0.15, 0.2) is 0 Å². The quantitative estimate of drug-likeness (QED) is 0.433. The van der Waals surface area contributed by atoms with E-state index >= 15 is 0 Å². The average molecular weight is 216 g/mol. The Morgan fingerprint density at radius 2 is 2.19 bits per heavy atom. The lowest BCUT2D eigenvalue weighted by molar-refractivity contribution is 0.318. The van der Waals surface area contributed by atoms with Gasteiger partial charge < -0.3 is 0 Å². The van der Waals surface area contributed by atoms with E-state index in [-0.39, 0.29) is 0 Å². The Labute approximate surface area is 95.5 Å². The zero-order valence-corrected chi connectivity index (χ0v) is 9.29. The molecule has 1 saturated heterocycles. The van der Waals surface area contributed by atoms with Gasteiger partial charge in [-0.15, -0.1) is 0 Å². The maximum absolute atomic E-state index is 8.27. The summed E-state index contributed by atoms with van der Waals surface area (Å²) in [4.78, 5) is 5.24. The molecular formula is C12H16N4. The summed E-state index contributed by atoms with van der Waals surface area (Å²) in [5, 5.41) is 3.65. The van der Waals surface area contributed by atoms with Gasteiger partial charge in [0.25, 0.3) is 0 Å². The second-order valence-corrected chi connectivity index (χ2v) is 4.29. The largest absolute Gasteiger partial charge is 0.299 e. The van der Waals surface area contributed by atoms with E-state index in [1.165, 1.54) is 5.56 Å². The molecule has 4 heteroatoms. The second-order valence-electron chi connectivity index (χ2n) is 4.29. The number of likely N-dealkylation sites (tertiary alicyclic amines) is 1. The Morgan fingerprint density at radius 3 is 2.94 bits per heavy atom. The molecule has 1 aromatic rings. The molecule has 0 spiro atoms. The Morgan fingerprint density at radius 1 is 1.38 bits per heavy atom. The Kier molecular flexibility index (Phi) is 3.81. The fourth-order valence-electron chi connectivity index (χ4n) is 2.20. The summed E-state index contributed by atoms with van der Waals surface area (Å²) in [7, 11) is 0. The normalized spacial score (nSPS) is 20.6. The summed E-state index contributed by atoms with van der Waals surface area (Å²) < 4.78 is 0. The molecule has 1 aromatic carbocycles. The van der Waals surface area contributed by atoms with Crippen LogP contribution in [0.2, 0.25) is 0 Å². The molecule has 0 saturated carbocycles. The maximum Gasteiger partial charge on any atom is 0.0298 e. The first-order valence-electron chi connectivity index (χ1n) is 5.65. The topological polar surface area (TPSA) is 52.0 Å². The van der Waals surface area contributed by atoms with E-state index in [1.807, 2.05) is 6.07 Å². The molecule has 0 N–H and O–H groups in total. The summed E-state index contributed by atoms with van der Waals surface area (Å²) in [6.07, 6.45) is 1.14. The minimum absolute atomic E-state index is 0.541. The molecule has 1 heterocycles. The highest BCUT2D eigenvalue weighted by Gasteiger charge is 2.21. The summed E-state index contributed by atoms with van der Waals surface area (Å²) in [5.41, 5.74) is 9.63. The number of nitrogens with zero attached hydrogens (tertiary/aromatic N) is 4. The Balaban J connectivity index is 1.83. The summed E-state index contributed by atoms with van der Waals surface area (Å²) in [6.45, 7) is 3.81. The van der Waals surface area contributed by atoms with Crippen molar-refractivity contribution in [2.75, 3.05) is 19.6 Å². The minimum atomic E-state index is 0.541. The average Bonchev–Trinajstić information content (AvgIpc) is 2.75. The molecule has 0 aromatic heterocycles. The van der Waals surface area contributed by atoms with E-state index in [1.54, 1.807) is 0 Å². The molecule has 1 aliphatic rings. The highest BCUT2D eigenvalue weighted by molar-refractivity contribution is 5.14. The van der Waals surface area contributed by atoms with Crippen molar-refractivity contribution in [2.24, 2.45) is 11.0 Å². The summed E-state index contributed by atoms with van der Waals surface area (Å²) >= 11 is 0. The lowest BCUT2D eigenvalue weighted by atomic mass is 10.1. The molecule has 0 unspecified atom stereocenters. The molecule has 84 valence electrons. The summed E-state index contributed by atoms with van der Waals surface area (Å²) in [5.74, 6) is 0.541. The van der Waals surface area contributed by atoms with E-state index in [4.69, 9.17) is 5.53 Å². The van der Waals surface area contributed by atoms with Crippen molar-refractivity contribution in [1.29, 1.82) is 0 Å². The molecular weight excluding hydrogens is 200 g/mol. The van der Waals surface area contributed by atoms with Crippen molar-refractivity contribution in [1.82, 2.24) is 4.90 Å². The minimum Gasteiger partial charge on any atom is -0.299 e. The van der Waals surface area contributed by atoms with E-state index < -0.39 is 0 Å². The van der Waals surface area contributed by atoms with E-state index in [0.717, 1.165) is 26.1 Å². The SMILES string of the molecule is [N-]=[N+]=NC[C@@H]1CCN(Cc2ccccc2)C1. The Hall–Kier alpha value is -1.51. The van der Waals surface area contributed by atoms with Gasteiger partial charge in [-0.3, -0.25) is 4.90 Å². The zero-order valence-electron chi connectivity index (χ0n) is 9.29. The lowest BCUT2D eigenvalue weighted by Crippen LogP contribution is -2.20. The van der Waals surface area contributed by atoms with Crippen LogP contribution in [0.25, 0.3) is 10.4 Å². The third kappa shape index (κ3) is 2.99. The smallest absolute Gasteiger partial charge is 0.0298 e. The van der Waals surface area contributed by atoms with Gasteiger partial charge in [-0.1, -0.05) is 35.4 Å². The molecule has 0 amide bonds. The van der Waals surface area contributed by atoms with Gasteiger partial charge in [0.05, 0.1) is 0 Å². The van der Waals surface area contributed by atoms with Crippen LogP contribution in [0.15, 0.2) is 35.4 Å². The zero-order chi connectivity index (χ0) is 11.2. The molecule has 1 fully saturated rings. The third-order valence-corrected chi connectivity index (χ3v) is 3.02. The van der Waals surface area contributed by atoms with Gasteiger partial charge in [0, 0.05) is 24.5 Å². The van der Waals surface area contributed by atoms with Gasteiger partial charge in [-0.2, -0.15) is 0 Å². The first kappa shape index (κ1) is 11.0. The molecule has 0 aliphatic carbocycles. The van der Waals surface area contributed by atoms with Crippen LogP contribution in [0.5, 0.6) is 0 Å². The van der Waals surface area contributed by atoms with Crippen LogP contribution < -0.4 is 0 Å². The number of rotatable bonds is 4. The predicted molar refractivity (Wildman–Crippen MR) is 63.8 cm³/mol. The van der Waals surface area contributed by atoms with E-state index in [9.17, 15) is 0 Å². The highest BCUT2D eigenvalue weighted by Crippen LogP contribution is 2.18. The predicted octanol–water partition coefficient (Wildman–Crippen LogP) is 2.82. The van der Waals surface area contributed by atoms with Crippen LogP contribution in [0.1, 0.15) is 12.0 Å². The lowest BCUT2D eigenvalue weighted by Gasteiger charge is -2.15. The van der Waals surface area contributed by atoms with E-state index in [2.05, 4.69) is 39.2 Å². The first-order chi connectivity index (χ1) is 7.88. The first-order valence-corrected chi connectivity index (χ1v) is 5.65. The van der Waals surface area contributed by atoms with Crippen molar-refractivity contribution in [3.05, 3.63) is 46.3 Å². The second kappa shape index (κ2) is 5.54. The molecule has 2 rings (SSSR count). The van der Waals surface area contributed by atoms with Crippen LogP contribution in [-0.4, -0.2) is 24.5 Å². The number of hydrogen-bond donors (Lipinski definition) is 0. The molecule has 4 nitrogen and oxygen atoms in total. The van der Waals surface area contributed by atoms with Crippen molar-refractivity contribution in [2.45, 2.75) is 13.0 Å². The molecule has 0 radical (unpaired) electrons. The van der Waals surface area contributed by atoms with Crippen LogP contribution >= 0.6 is 0 Å². The van der Waals surface area contributed by atoms with Crippen LogP contribution in [0, 0.1) is 5.92 Å².